The number of esters is 1. The lowest BCUT2D eigenvalue weighted by Crippen LogP contribution is -2.30. The minimum absolute atomic E-state index is 0.0219. The number of aryl methyl sites for hydroxylation is 1. The number of benzene rings is 2. The summed E-state index contributed by atoms with van der Waals surface area (Å²) in [6, 6.07) is 12.0. The van der Waals surface area contributed by atoms with E-state index >= 15 is 0 Å². The van der Waals surface area contributed by atoms with Crippen LogP contribution in [0.4, 0.5) is 0 Å². The second-order valence-corrected chi connectivity index (χ2v) is 8.10. The molecular weight excluding hydrogens is 455 g/mol. The van der Waals surface area contributed by atoms with Crippen LogP contribution in [-0.4, -0.2) is 48.0 Å². The Morgan fingerprint density at radius 3 is 2.62 bits per heavy atom. The zero-order chi connectivity index (χ0) is 23.3. The van der Waals surface area contributed by atoms with E-state index in [1.165, 1.54) is 12.0 Å². The number of hydrogen-bond acceptors (Lipinski definition) is 5. The van der Waals surface area contributed by atoms with Gasteiger partial charge in [-0.15, -0.1) is 0 Å². The lowest BCUT2D eigenvalue weighted by Gasteiger charge is -2.16. The molecule has 0 aliphatic carbocycles. The number of carbonyl (C=O) groups excluding carboxylic acids is 3. The highest BCUT2D eigenvalue weighted by molar-refractivity contribution is 6.42. The molecule has 1 aliphatic heterocycles. The first kappa shape index (κ1) is 23.6. The van der Waals surface area contributed by atoms with Crippen molar-refractivity contribution in [3.8, 4) is 0 Å². The summed E-state index contributed by atoms with van der Waals surface area (Å²) >= 11 is 11.9. The van der Waals surface area contributed by atoms with E-state index in [2.05, 4.69) is 5.32 Å². The third kappa shape index (κ3) is 5.60. The van der Waals surface area contributed by atoms with Gasteiger partial charge in [0.05, 0.1) is 34.8 Å². The van der Waals surface area contributed by atoms with Crippen molar-refractivity contribution in [2.45, 2.75) is 19.4 Å². The highest BCUT2D eigenvalue weighted by Crippen LogP contribution is 2.23. The van der Waals surface area contributed by atoms with Crippen LogP contribution in [0.1, 0.15) is 27.9 Å². The number of methoxy groups -OCH3 is 1. The van der Waals surface area contributed by atoms with Gasteiger partial charge in [-0.2, -0.15) is 0 Å². The Morgan fingerprint density at radius 1 is 1.12 bits per heavy atom. The maximum absolute atomic E-state index is 12.5. The molecule has 0 fully saturated rings. The highest BCUT2D eigenvalue weighted by atomic mass is 35.5. The van der Waals surface area contributed by atoms with Crippen molar-refractivity contribution in [3.63, 3.8) is 0 Å². The number of amides is 2. The monoisotopic (exact) mass is 476 g/mol. The number of ether oxygens (including phenoxy) is 1. The number of nitrogens with zero attached hydrogens (tertiary/aromatic N) is 1. The summed E-state index contributed by atoms with van der Waals surface area (Å²) < 4.78 is 4.70. The first-order valence-electron chi connectivity index (χ1n) is 9.91. The maximum Gasteiger partial charge on any atom is 0.337 e. The molecule has 9 heteroatoms. The van der Waals surface area contributed by atoms with Gasteiger partial charge in [0.1, 0.15) is 0 Å². The van der Waals surface area contributed by atoms with Crippen molar-refractivity contribution >= 4 is 41.0 Å². The average Bonchev–Trinajstić information content (AvgIpc) is 3.07. The van der Waals surface area contributed by atoms with Gasteiger partial charge in [0.15, 0.2) is 5.76 Å². The highest BCUT2D eigenvalue weighted by Gasteiger charge is 2.33. The van der Waals surface area contributed by atoms with Crippen molar-refractivity contribution in [2.75, 3.05) is 20.2 Å². The van der Waals surface area contributed by atoms with Crippen LogP contribution < -0.4 is 5.32 Å². The van der Waals surface area contributed by atoms with E-state index in [1.54, 1.807) is 36.4 Å². The zero-order valence-electron chi connectivity index (χ0n) is 17.4. The van der Waals surface area contributed by atoms with E-state index in [9.17, 15) is 19.5 Å². The largest absolute Gasteiger partial charge is 0.503 e. The number of nitrogens with one attached hydrogen (secondary N) is 1. The number of aliphatic hydroxyl groups excluding tert-OH is 1. The van der Waals surface area contributed by atoms with Gasteiger partial charge in [0, 0.05) is 13.1 Å². The van der Waals surface area contributed by atoms with Crippen LogP contribution in [0.3, 0.4) is 0 Å². The minimum Gasteiger partial charge on any atom is -0.503 e. The van der Waals surface area contributed by atoms with Crippen molar-refractivity contribution < 1.29 is 24.2 Å². The molecule has 0 spiro atoms. The van der Waals surface area contributed by atoms with Gasteiger partial charge in [-0.25, -0.2) is 4.79 Å². The van der Waals surface area contributed by atoms with E-state index in [-0.39, 0.29) is 18.7 Å². The van der Waals surface area contributed by atoms with Gasteiger partial charge in [0.2, 0.25) is 0 Å². The Labute approximate surface area is 195 Å². The van der Waals surface area contributed by atoms with Gasteiger partial charge in [0.25, 0.3) is 11.8 Å². The summed E-state index contributed by atoms with van der Waals surface area (Å²) in [5.41, 5.74) is 2.05. The summed E-state index contributed by atoms with van der Waals surface area (Å²) in [5, 5.41) is 13.9. The lowest BCUT2D eigenvalue weighted by atomic mass is 10.1. The van der Waals surface area contributed by atoms with Gasteiger partial charge >= 0.3 is 5.97 Å². The third-order valence-corrected chi connectivity index (χ3v) is 5.77. The summed E-state index contributed by atoms with van der Waals surface area (Å²) in [5.74, 6) is -2.16. The first-order chi connectivity index (χ1) is 15.3. The molecule has 1 heterocycles. The zero-order valence-corrected chi connectivity index (χ0v) is 18.9. The molecule has 0 unspecified atom stereocenters. The Morgan fingerprint density at radius 2 is 1.91 bits per heavy atom. The molecule has 32 heavy (non-hydrogen) atoms. The average molecular weight is 477 g/mol. The molecule has 2 amide bonds. The molecule has 168 valence electrons. The molecule has 0 saturated carbocycles. The predicted molar refractivity (Wildman–Crippen MR) is 121 cm³/mol. The van der Waals surface area contributed by atoms with Crippen LogP contribution in [0, 0.1) is 0 Å². The van der Waals surface area contributed by atoms with Gasteiger partial charge in [-0.1, -0.05) is 41.4 Å². The number of aliphatic hydroxyl groups is 1. The fourth-order valence-electron chi connectivity index (χ4n) is 3.35. The smallest absolute Gasteiger partial charge is 0.337 e. The fourth-order valence-corrected chi connectivity index (χ4v) is 3.68. The van der Waals surface area contributed by atoms with E-state index in [0.717, 1.165) is 5.56 Å². The van der Waals surface area contributed by atoms with Gasteiger partial charge in [-0.05, 0) is 48.2 Å². The Balaban J connectivity index is 1.53. The van der Waals surface area contributed by atoms with Crippen LogP contribution in [-0.2, 0) is 27.3 Å². The van der Waals surface area contributed by atoms with Crippen LogP contribution in [0.2, 0.25) is 10.0 Å². The molecule has 0 saturated heterocycles. The first-order valence-corrected chi connectivity index (χ1v) is 10.7. The third-order valence-electron chi connectivity index (χ3n) is 5.03. The van der Waals surface area contributed by atoms with Gasteiger partial charge in [-0.3, -0.25) is 9.59 Å². The minimum atomic E-state index is -0.630. The number of carbonyl (C=O) groups is 3. The molecule has 2 N–H and O–H groups in total. The second kappa shape index (κ2) is 10.5. The molecule has 0 bridgehead atoms. The Kier molecular flexibility index (Phi) is 7.77. The number of halogens is 2. The molecule has 0 radical (unpaired) electrons. The predicted octanol–water partition coefficient (Wildman–Crippen LogP) is 3.68. The lowest BCUT2D eigenvalue weighted by molar-refractivity contribution is -0.128. The Hall–Kier alpha value is -3.03. The van der Waals surface area contributed by atoms with Crippen LogP contribution in [0.5, 0.6) is 0 Å². The standard InChI is InChI=1S/C23H22Cl2N2O5/c1-32-23(31)16-6-2-4-15(10-16)12-27-13-17(20(28)22(27)30)21(29)26-9-3-5-14-7-8-18(24)19(25)11-14/h2,4,6-8,10-11,28H,3,5,9,12-13H2,1H3,(H,26,29). The molecule has 2 aromatic carbocycles. The van der Waals surface area contributed by atoms with E-state index in [4.69, 9.17) is 27.9 Å². The van der Waals surface area contributed by atoms with Crippen LogP contribution >= 0.6 is 23.2 Å². The second-order valence-electron chi connectivity index (χ2n) is 7.29. The van der Waals surface area contributed by atoms with E-state index in [0.29, 0.717) is 40.6 Å². The quantitative estimate of drug-likeness (QED) is 0.447. The molecular formula is C23H22Cl2N2O5. The molecule has 7 nitrogen and oxygen atoms in total. The maximum atomic E-state index is 12.5. The van der Waals surface area contributed by atoms with Crippen molar-refractivity contribution in [1.29, 1.82) is 0 Å². The molecule has 3 rings (SSSR count). The summed E-state index contributed by atoms with van der Waals surface area (Å²) in [7, 11) is 1.29. The fraction of sp³-hybridized carbons (Fsp3) is 0.261. The summed E-state index contributed by atoms with van der Waals surface area (Å²) in [6.07, 6.45) is 1.33. The van der Waals surface area contributed by atoms with E-state index < -0.39 is 23.5 Å². The molecule has 2 aromatic rings. The van der Waals surface area contributed by atoms with Crippen LogP contribution in [0.15, 0.2) is 53.8 Å². The van der Waals surface area contributed by atoms with Crippen molar-refractivity contribution in [2.24, 2.45) is 0 Å². The molecule has 1 aliphatic rings. The molecule has 0 aromatic heterocycles. The molecule has 0 atom stereocenters. The summed E-state index contributed by atoms with van der Waals surface area (Å²) in [6.45, 7) is 0.485. The van der Waals surface area contributed by atoms with Gasteiger partial charge < -0.3 is 20.1 Å². The van der Waals surface area contributed by atoms with Crippen LogP contribution in [0.25, 0.3) is 0 Å². The topological polar surface area (TPSA) is 95.9 Å². The number of rotatable bonds is 8. The summed E-state index contributed by atoms with van der Waals surface area (Å²) in [4.78, 5) is 37.9. The van der Waals surface area contributed by atoms with Crippen molar-refractivity contribution in [1.82, 2.24) is 10.2 Å². The van der Waals surface area contributed by atoms with E-state index in [1.807, 2.05) is 6.07 Å². The Bertz CT molecular complexity index is 1080. The normalized spacial score (nSPS) is 13.5. The SMILES string of the molecule is COC(=O)c1cccc(CN2CC(C(=O)NCCCc3ccc(Cl)c(Cl)c3)=C(O)C2=O)c1. The number of hydrogen-bond donors (Lipinski definition) is 2. The van der Waals surface area contributed by atoms with Crippen molar-refractivity contribution in [3.05, 3.63) is 80.5 Å².